The van der Waals surface area contributed by atoms with Crippen molar-refractivity contribution in [2.24, 2.45) is 35.5 Å². The van der Waals surface area contributed by atoms with Crippen molar-refractivity contribution in [3.05, 3.63) is 47.0 Å². The van der Waals surface area contributed by atoms with E-state index in [-0.39, 0.29) is 41.3 Å². The van der Waals surface area contributed by atoms with Crippen molar-refractivity contribution in [1.29, 1.82) is 0 Å². The zero-order valence-corrected chi connectivity index (χ0v) is 16.5. The first kappa shape index (κ1) is 18.3. The van der Waals surface area contributed by atoms with Gasteiger partial charge in [0.25, 0.3) is 0 Å². The molecule has 5 aliphatic rings. The topological polar surface area (TPSA) is 80.8 Å². The van der Waals surface area contributed by atoms with E-state index in [9.17, 15) is 19.2 Å². The van der Waals surface area contributed by atoms with Gasteiger partial charge >= 0.3 is 5.97 Å². The van der Waals surface area contributed by atoms with E-state index >= 15 is 0 Å². The minimum Gasteiger partial charge on any atom is -0.456 e. The fourth-order valence-corrected chi connectivity index (χ4v) is 5.49. The van der Waals surface area contributed by atoms with E-state index in [1.54, 1.807) is 12.1 Å². The van der Waals surface area contributed by atoms with Crippen LogP contribution in [0, 0.1) is 49.4 Å². The lowest BCUT2D eigenvalue weighted by Crippen LogP contribution is -2.40. The van der Waals surface area contributed by atoms with Crippen LogP contribution in [0.2, 0.25) is 0 Å². The Morgan fingerprint density at radius 1 is 1.00 bits per heavy atom. The number of likely N-dealkylation sites (tertiary alicyclic amines) is 1. The molecular weight excluding hydrogens is 370 g/mol. The van der Waals surface area contributed by atoms with Crippen LogP contribution in [-0.2, 0) is 19.1 Å². The molecule has 3 fully saturated rings. The predicted octanol–water partition coefficient (Wildman–Crippen LogP) is 2.08. The van der Waals surface area contributed by atoms with Crippen LogP contribution >= 0.6 is 0 Å². The van der Waals surface area contributed by atoms with Crippen LogP contribution < -0.4 is 0 Å². The predicted molar refractivity (Wildman–Crippen MR) is 103 cm³/mol. The highest BCUT2D eigenvalue weighted by molar-refractivity contribution is 6.08. The van der Waals surface area contributed by atoms with Gasteiger partial charge < -0.3 is 4.74 Å². The number of imide groups is 1. The van der Waals surface area contributed by atoms with Crippen LogP contribution in [0.5, 0.6) is 0 Å². The molecule has 150 valence electrons. The molecule has 6 heteroatoms. The number of carbonyl (C=O) groups is 4. The van der Waals surface area contributed by atoms with Gasteiger partial charge in [0, 0.05) is 5.56 Å². The minimum atomic E-state index is -0.729. The number of carbonyl (C=O) groups excluding carboxylic acids is 4. The maximum Gasteiger partial charge on any atom is 0.326 e. The summed E-state index contributed by atoms with van der Waals surface area (Å²) in [6.07, 6.45) is 5.28. The fourth-order valence-electron chi connectivity index (χ4n) is 5.49. The molecule has 1 aliphatic heterocycles. The zero-order valence-electron chi connectivity index (χ0n) is 16.5. The molecule has 1 heterocycles. The van der Waals surface area contributed by atoms with Crippen LogP contribution in [-0.4, -0.2) is 41.6 Å². The Hall–Kier alpha value is -2.76. The van der Waals surface area contributed by atoms with Gasteiger partial charge in [-0.3, -0.25) is 24.1 Å². The molecule has 0 N–H and O–H groups in total. The van der Waals surface area contributed by atoms with Crippen molar-refractivity contribution in [3.63, 3.8) is 0 Å². The number of Topliss-reactive ketones (excluding diaryl/α,β-unsaturated/α-hetero) is 1. The first-order valence-corrected chi connectivity index (χ1v) is 10.2. The van der Waals surface area contributed by atoms with E-state index in [1.165, 1.54) is 0 Å². The van der Waals surface area contributed by atoms with Crippen LogP contribution in [0.4, 0.5) is 0 Å². The van der Waals surface area contributed by atoms with Gasteiger partial charge in [-0.25, -0.2) is 0 Å². The highest BCUT2D eigenvalue weighted by Gasteiger charge is 2.67. The summed E-state index contributed by atoms with van der Waals surface area (Å²) in [5.41, 5.74) is 2.54. The Balaban J connectivity index is 1.21. The molecule has 1 aromatic rings. The van der Waals surface area contributed by atoms with Crippen molar-refractivity contribution < 1.29 is 23.9 Å². The van der Waals surface area contributed by atoms with Gasteiger partial charge in [-0.2, -0.15) is 0 Å². The first-order valence-electron chi connectivity index (χ1n) is 10.2. The molecule has 0 radical (unpaired) electrons. The maximum absolute atomic E-state index is 12.9. The number of esters is 1. The number of aryl methyl sites for hydroxylation is 2. The molecule has 1 aromatic carbocycles. The van der Waals surface area contributed by atoms with Gasteiger partial charge in [0.2, 0.25) is 11.8 Å². The summed E-state index contributed by atoms with van der Waals surface area (Å²) in [5.74, 6) is -0.931. The van der Waals surface area contributed by atoms with Crippen LogP contribution in [0.1, 0.15) is 27.9 Å². The number of allylic oxidation sites excluding steroid dienone is 2. The summed E-state index contributed by atoms with van der Waals surface area (Å²) in [6, 6.07) is 5.31. The van der Waals surface area contributed by atoms with Crippen LogP contribution in [0.3, 0.4) is 0 Å². The monoisotopic (exact) mass is 393 g/mol. The van der Waals surface area contributed by atoms with Gasteiger partial charge in [0.15, 0.2) is 12.4 Å². The number of ether oxygens (including phenoxy) is 1. The third-order valence-electron chi connectivity index (χ3n) is 7.23. The van der Waals surface area contributed by atoms with Crippen molar-refractivity contribution in [1.82, 2.24) is 4.90 Å². The molecule has 0 aromatic heterocycles. The first-order chi connectivity index (χ1) is 13.9. The number of hydrogen-bond acceptors (Lipinski definition) is 5. The average molecular weight is 393 g/mol. The fraction of sp³-hybridized carbons (Fsp3) is 0.478. The Bertz CT molecular complexity index is 943. The molecular formula is C23H23NO5. The zero-order chi connectivity index (χ0) is 20.4. The summed E-state index contributed by atoms with van der Waals surface area (Å²) in [7, 11) is 0. The lowest BCUT2D eigenvalue weighted by atomic mass is 9.63. The van der Waals surface area contributed by atoms with Crippen molar-refractivity contribution >= 4 is 23.6 Å². The second-order valence-corrected chi connectivity index (χ2v) is 8.80. The average Bonchev–Trinajstić information content (AvgIpc) is 3.49. The third-order valence-corrected chi connectivity index (χ3v) is 7.23. The largest absolute Gasteiger partial charge is 0.456 e. The minimum absolute atomic E-state index is 0.124. The van der Waals surface area contributed by atoms with E-state index in [0.29, 0.717) is 17.4 Å². The van der Waals surface area contributed by atoms with E-state index in [2.05, 4.69) is 12.2 Å². The van der Waals surface area contributed by atoms with Gasteiger partial charge in [-0.1, -0.05) is 24.3 Å². The molecule has 29 heavy (non-hydrogen) atoms. The smallest absolute Gasteiger partial charge is 0.326 e. The Morgan fingerprint density at radius 3 is 2.21 bits per heavy atom. The SMILES string of the molecule is Cc1ccc(C(=O)COC(=O)CN2C(=O)[C@@H]3[C@H]4C=C[C@@H]([C@@H]5C[C@@H]45)[C@H]3C2=O)cc1C. The number of nitrogens with zero attached hydrogens (tertiary/aromatic N) is 1. The summed E-state index contributed by atoms with van der Waals surface area (Å²) in [4.78, 5) is 51.3. The molecule has 0 spiro atoms. The Kier molecular flexibility index (Phi) is 4.02. The van der Waals surface area contributed by atoms with Gasteiger partial charge in [-0.05, 0) is 61.1 Å². The summed E-state index contributed by atoms with van der Waals surface area (Å²) >= 11 is 0. The summed E-state index contributed by atoms with van der Waals surface area (Å²) < 4.78 is 5.09. The number of rotatable bonds is 5. The van der Waals surface area contributed by atoms with E-state index in [4.69, 9.17) is 4.74 Å². The summed E-state index contributed by atoms with van der Waals surface area (Å²) in [6.45, 7) is 3.05. The molecule has 2 amide bonds. The van der Waals surface area contributed by atoms with Gasteiger partial charge in [-0.15, -0.1) is 0 Å². The van der Waals surface area contributed by atoms with Crippen molar-refractivity contribution in [2.45, 2.75) is 20.3 Å². The Morgan fingerprint density at radius 2 is 1.62 bits per heavy atom. The number of hydrogen-bond donors (Lipinski definition) is 0. The van der Waals surface area contributed by atoms with E-state index in [0.717, 1.165) is 22.4 Å². The van der Waals surface area contributed by atoms with E-state index < -0.39 is 19.1 Å². The lowest BCUT2D eigenvalue weighted by Gasteiger charge is -2.37. The third kappa shape index (κ3) is 2.76. The number of amides is 2. The second-order valence-electron chi connectivity index (χ2n) is 8.80. The highest BCUT2D eigenvalue weighted by Crippen LogP contribution is 2.65. The molecule has 6 atom stereocenters. The Labute approximate surface area is 168 Å². The van der Waals surface area contributed by atoms with Crippen molar-refractivity contribution in [3.8, 4) is 0 Å². The molecule has 0 unspecified atom stereocenters. The standard InChI is InChI=1S/C23H23NO5/c1-11-3-4-13(7-12(11)2)18(25)10-29-19(26)9-24-22(27)20-14-5-6-15(17-8-16(14)17)21(20)23(24)28/h3-7,14-17,20-21H,8-10H2,1-2H3/t14-,15-,16-,17-,20+,21+/m0/s1. The van der Waals surface area contributed by atoms with Crippen molar-refractivity contribution in [2.75, 3.05) is 13.2 Å². The van der Waals surface area contributed by atoms with Gasteiger partial charge in [0.05, 0.1) is 11.8 Å². The van der Waals surface area contributed by atoms with Crippen LogP contribution in [0.25, 0.3) is 0 Å². The number of benzene rings is 1. The maximum atomic E-state index is 12.9. The van der Waals surface area contributed by atoms with Crippen LogP contribution in [0.15, 0.2) is 30.4 Å². The molecule has 6 nitrogen and oxygen atoms in total. The quantitative estimate of drug-likeness (QED) is 0.331. The molecule has 2 saturated carbocycles. The van der Waals surface area contributed by atoms with Gasteiger partial charge in [0.1, 0.15) is 6.54 Å². The number of ketones is 1. The summed E-state index contributed by atoms with van der Waals surface area (Å²) in [5, 5.41) is 0. The lowest BCUT2D eigenvalue weighted by molar-refractivity contribution is -0.152. The normalized spacial score (nSPS) is 33.5. The molecule has 1 saturated heterocycles. The van der Waals surface area contributed by atoms with E-state index in [1.807, 2.05) is 19.9 Å². The molecule has 4 aliphatic carbocycles. The highest BCUT2D eigenvalue weighted by atomic mass is 16.5. The molecule has 6 rings (SSSR count). The second kappa shape index (κ2) is 6.37. The molecule has 2 bridgehead atoms.